The summed E-state index contributed by atoms with van der Waals surface area (Å²) in [6.45, 7) is 1.32. The molecule has 3 aromatic heterocycles. The lowest BCUT2D eigenvalue weighted by Crippen LogP contribution is -2.30. The summed E-state index contributed by atoms with van der Waals surface area (Å²) < 4.78 is 32.7. The number of pyridine rings is 2. The lowest BCUT2D eigenvalue weighted by molar-refractivity contribution is -0.185. The van der Waals surface area contributed by atoms with Crippen LogP contribution < -0.4 is 15.4 Å². The van der Waals surface area contributed by atoms with Gasteiger partial charge < -0.3 is 24.8 Å². The molecule has 8 nitrogen and oxygen atoms in total. The zero-order chi connectivity index (χ0) is 24.5. The first-order chi connectivity index (χ1) is 17.6. The number of carbonyl (C=O) groups is 1. The number of aromatic nitrogens is 2. The smallest absolute Gasteiger partial charge is 0.319 e. The van der Waals surface area contributed by atoms with Gasteiger partial charge in [0.1, 0.15) is 5.75 Å². The molecule has 2 amide bonds. The van der Waals surface area contributed by atoms with Gasteiger partial charge in [0.2, 0.25) is 6.29 Å². The second-order valence-electron chi connectivity index (χ2n) is 8.65. The Hall–Kier alpha value is -3.60. The van der Waals surface area contributed by atoms with Crippen LogP contribution in [-0.2, 0) is 9.47 Å². The molecule has 2 aliphatic rings. The summed E-state index contributed by atoms with van der Waals surface area (Å²) in [5.41, 5.74) is 2.76. The minimum Gasteiger partial charge on any atom is -0.453 e. The minimum atomic E-state index is -0.576. The molecule has 0 radical (unpaired) electrons. The summed E-state index contributed by atoms with van der Waals surface area (Å²) >= 11 is 1.49. The largest absolute Gasteiger partial charge is 0.453 e. The number of halogens is 1. The molecule has 184 valence electrons. The SMILES string of the molecule is O=C(Nc1ccc(Oc2ccnc3cc(-c4ccc(C5OCCCO5)nc4)sc23)c(F)c1)NC1CC1. The first-order valence-electron chi connectivity index (χ1n) is 11.8. The van der Waals surface area contributed by atoms with Crippen molar-refractivity contribution in [2.45, 2.75) is 31.6 Å². The van der Waals surface area contributed by atoms with Gasteiger partial charge in [-0.05, 0) is 43.5 Å². The standard InChI is InChI=1S/C26H23FN4O4S/c27-18-12-17(31-26(32)30-16-3-4-16)5-7-21(18)35-22-8-9-28-20-13-23(36-24(20)22)15-2-6-19(29-14-15)25-33-10-1-11-34-25/h2,5-9,12-14,16,25H,1,3-4,10-11H2,(H2,30,31,32). The van der Waals surface area contributed by atoms with Gasteiger partial charge in [0.05, 0.1) is 29.1 Å². The molecule has 1 aliphatic carbocycles. The van der Waals surface area contributed by atoms with Crippen LogP contribution in [0.25, 0.3) is 20.7 Å². The Morgan fingerprint density at radius 3 is 2.67 bits per heavy atom. The van der Waals surface area contributed by atoms with E-state index in [-0.39, 0.29) is 17.8 Å². The van der Waals surface area contributed by atoms with Crippen molar-refractivity contribution in [3.8, 4) is 21.9 Å². The molecule has 0 spiro atoms. The third kappa shape index (κ3) is 5.01. The molecule has 0 unspecified atom stereocenters. The monoisotopic (exact) mass is 506 g/mol. The third-order valence-corrected chi connectivity index (χ3v) is 7.03. The highest BCUT2D eigenvalue weighted by Gasteiger charge is 2.23. The van der Waals surface area contributed by atoms with Crippen LogP contribution in [-0.4, -0.2) is 35.3 Å². The number of urea groups is 1. The molecule has 0 bridgehead atoms. The highest BCUT2D eigenvalue weighted by molar-refractivity contribution is 7.22. The number of carbonyl (C=O) groups excluding carboxylic acids is 1. The van der Waals surface area contributed by atoms with Crippen LogP contribution in [0.1, 0.15) is 31.2 Å². The number of nitrogens with zero attached hydrogens (tertiary/aromatic N) is 2. The molecule has 10 heteroatoms. The van der Waals surface area contributed by atoms with Crippen LogP contribution >= 0.6 is 11.3 Å². The summed E-state index contributed by atoms with van der Waals surface area (Å²) in [4.78, 5) is 21.8. The fourth-order valence-electron chi connectivity index (χ4n) is 3.85. The number of benzene rings is 1. The van der Waals surface area contributed by atoms with Crippen LogP contribution in [0, 0.1) is 5.82 Å². The maximum absolute atomic E-state index is 14.8. The number of nitrogens with one attached hydrogen (secondary N) is 2. The summed E-state index contributed by atoms with van der Waals surface area (Å²) in [6.07, 6.45) is 5.82. The minimum absolute atomic E-state index is 0.0594. The molecule has 4 heterocycles. The van der Waals surface area contributed by atoms with E-state index in [2.05, 4.69) is 20.6 Å². The van der Waals surface area contributed by atoms with Gasteiger partial charge in [-0.3, -0.25) is 9.97 Å². The molecule has 1 aromatic carbocycles. The Balaban J connectivity index is 1.20. The van der Waals surface area contributed by atoms with Gasteiger partial charge in [0.15, 0.2) is 11.6 Å². The normalized spacial score (nSPS) is 16.1. The molecule has 0 atom stereocenters. The second kappa shape index (κ2) is 9.81. The van der Waals surface area contributed by atoms with E-state index in [9.17, 15) is 9.18 Å². The first-order valence-corrected chi connectivity index (χ1v) is 12.6. The summed E-state index contributed by atoms with van der Waals surface area (Å²) in [5.74, 6) is -0.0204. The highest BCUT2D eigenvalue weighted by atomic mass is 32.1. The van der Waals surface area contributed by atoms with E-state index in [0.717, 1.165) is 45.6 Å². The average Bonchev–Trinajstić information content (AvgIpc) is 3.60. The van der Waals surface area contributed by atoms with E-state index in [1.807, 2.05) is 18.2 Å². The Labute approximate surface area is 210 Å². The van der Waals surface area contributed by atoms with Gasteiger partial charge in [0.25, 0.3) is 0 Å². The number of hydrogen-bond acceptors (Lipinski definition) is 7. The highest BCUT2D eigenvalue weighted by Crippen LogP contribution is 2.40. The maximum atomic E-state index is 14.8. The number of thiophene rings is 1. The lowest BCUT2D eigenvalue weighted by Gasteiger charge is -2.22. The number of hydrogen-bond donors (Lipinski definition) is 2. The quantitative estimate of drug-likeness (QED) is 0.333. The lowest BCUT2D eigenvalue weighted by atomic mass is 10.2. The van der Waals surface area contributed by atoms with Gasteiger partial charge in [-0.1, -0.05) is 6.07 Å². The Morgan fingerprint density at radius 2 is 1.92 bits per heavy atom. The molecule has 2 N–H and O–H groups in total. The molecule has 2 fully saturated rings. The Kier molecular flexibility index (Phi) is 6.22. The predicted octanol–water partition coefficient (Wildman–Crippen LogP) is 6.01. The summed E-state index contributed by atoms with van der Waals surface area (Å²) in [6, 6.07) is 11.8. The molecule has 1 saturated carbocycles. The molecule has 4 aromatic rings. The number of rotatable bonds is 6. The van der Waals surface area contributed by atoms with Crippen LogP contribution in [0.2, 0.25) is 0 Å². The van der Waals surface area contributed by atoms with Crippen LogP contribution in [0.3, 0.4) is 0 Å². The van der Waals surface area contributed by atoms with Gasteiger partial charge in [-0.25, -0.2) is 9.18 Å². The molecule has 1 aliphatic heterocycles. The van der Waals surface area contributed by atoms with Gasteiger partial charge >= 0.3 is 6.03 Å². The fraction of sp³-hybridized carbons (Fsp3) is 0.269. The van der Waals surface area contributed by atoms with E-state index in [0.29, 0.717) is 24.7 Å². The zero-order valence-corrected chi connectivity index (χ0v) is 20.0. The van der Waals surface area contributed by atoms with E-state index < -0.39 is 12.1 Å². The van der Waals surface area contributed by atoms with Crippen LogP contribution in [0.15, 0.2) is 54.9 Å². The van der Waals surface area contributed by atoms with Crippen molar-refractivity contribution >= 4 is 33.3 Å². The molecule has 6 rings (SSSR count). The van der Waals surface area contributed by atoms with E-state index in [1.54, 1.807) is 24.5 Å². The molecular weight excluding hydrogens is 483 g/mol. The number of amides is 2. The summed E-state index contributed by atoms with van der Waals surface area (Å²) in [5, 5.41) is 5.45. The van der Waals surface area contributed by atoms with Crippen molar-refractivity contribution in [2.75, 3.05) is 18.5 Å². The molecule has 36 heavy (non-hydrogen) atoms. The fourth-order valence-corrected chi connectivity index (χ4v) is 4.90. The van der Waals surface area contributed by atoms with E-state index >= 15 is 0 Å². The topological polar surface area (TPSA) is 94.6 Å². The Bertz CT molecular complexity index is 1400. The molecule has 1 saturated heterocycles. The van der Waals surface area contributed by atoms with Crippen molar-refractivity contribution in [1.82, 2.24) is 15.3 Å². The van der Waals surface area contributed by atoms with Crippen molar-refractivity contribution in [1.29, 1.82) is 0 Å². The van der Waals surface area contributed by atoms with Crippen LogP contribution in [0.5, 0.6) is 11.5 Å². The average molecular weight is 507 g/mol. The van der Waals surface area contributed by atoms with E-state index in [1.165, 1.54) is 23.5 Å². The first kappa shape index (κ1) is 22.8. The maximum Gasteiger partial charge on any atom is 0.319 e. The third-order valence-electron chi connectivity index (χ3n) is 5.84. The van der Waals surface area contributed by atoms with Crippen molar-refractivity contribution in [3.63, 3.8) is 0 Å². The second-order valence-corrected chi connectivity index (χ2v) is 9.71. The summed E-state index contributed by atoms with van der Waals surface area (Å²) in [7, 11) is 0. The van der Waals surface area contributed by atoms with Gasteiger partial charge in [-0.15, -0.1) is 11.3 Å². The van der Waals surface area contributed by atoms with Gasteiger partial charge in [0, 0.05) is 46.7 Å². The molecular formula is C26H23FN4O4S. The van der Waals surface area contributed by atoms with E-state index in [4.69, 9.17) is 14.2 Å². The zero-order valence-electron chi connectivity index (χ0n) is 19.2. The van der Waals surface area contributed by atoms with Crippen LogP contribution in [0.4, 0.5) is 14.9 Å². The van der Waals surface area contributed by atoms with Gasteiger partial charge in [-0.2, -0.15) is 0 Å². The number of anilines is 1. The predicted molar refractivity (Wildman–Crippen MR) is 134 cm³/mol. The number of ether oxygens (including phenoxy) is 3. The number of fused-ring (bicyclic) bond motifs is 1. The van der Waals surface area contributed by atoms with Crippen molar-refractivity contribution < 1.29 is 23.4 Å². The Morgan fingerprint density at radius 1 is 1.06 bits per heavy atom. The van der Waals surface area contributed by atoms with Crippen molar-refractivity contribution in [3.05, 3.63) is 66.4 Å². The van der Waals surface area contributed by atoms with Crippen molar-refractivity contribution in [2.24, 2.45) is 0 Å².